The van der Waals surface area contributed by atoms with Crippen molar-refractivity contribution in [2.24, 2.45) is 0 Å². The lowest BCUT2D eigenvalue weighted by molar-refractivity contribution is -0.138. The maximum atomic E-state index is 9.78. The topological polar surface area (TPSA) is 72.5 Å². The van der Waals surface area contributed by atoms with Gasteiger partial charge in [0.2, 0.25) is 5.91 Å². The van der Waals surface area contributed by atoms with Crippen LogP contribution in [0, 0.1) is 0 Å². The van der Waals surface area contributed by atoms with E-state index in [1.807, 2.05) is 0 Å². The molecule has 0 aromatic carbocycles. The largest absolute Gasteiger partial charge is 0.469 e. The average Bonchev–Trinajstić information content (AvgIpc) is 2.19. The SMILES string of the molecule is C.C.C.C.CNC(C)=O.COC(C)=O.CSC(C)=O. The number of thioether (sulfide) groups is 1. The van der Waals surface area contributed by atoms with Crippen LogP contribution in [-0.4, -0.2) is 37.4 Å². The molecule has 0 unspecified atom stereocenters. The van der Waals surface area contributed by atoms with Crippen molar-refractivity contribution in [1.82, 2.24) is 5.32 Å². The van der Waals surface area contributed by atoms with E-state index < -0.39 is 0 Å². The van der Waals surface area contributed by atoms with Crippen LogP contribution >= 0.6 is 11.8 Å². The van der Waals surface area contributed by atoms with Crippen LogP contribution in [0.25, 0.3) is 0 Å². The van der Waals surface area contributed by atoms with Gasteiger partial charge in [-0.05, 0) is 6.26 Å². The number of esters is 1. The molecule has 0 aliphatic rings. The van der Waals surface area contributed by atoms with E-state index in [4.69, 9.17) is 0 Å². The van der Waals surface area contributed by atoms with Gasteiger partial charge in [-0.3, -0.25) is 14.4 Å². The zero-order valence-electron chi connectivity index (χ0n) is 10.0. The lowest BCUT2D eigenvalue weighted by atomic mass is 10.7. The zero-order chi connectivity index (χ0) is 12.9. The number of amides is 1. The number of methoxy groups -OCH3 is 1. The molecule has 0 aromatic heterocycles. The Kier molecular flexibility index (Phi) is 81.4. The molecule has 0 saturated heterocycles. The highest BCUT2D eigenvalue weighted by Crippen LogP contribution is 1.88. The second kappa shape index (κ2) is 36.0. The molecule has 19 heavy (non-hydrogen) atoms. The first-order valence-electron chi connectivity index (χ1n) is 4.09. The Hall–Kier alpha value is -1.04. The molecule has 1 N–H and O–H groups in total. The molecule has 122 valence electrons. The second-order valence-corrected chi connectivity index (χ2v) is 3.18. The van der Waals surface area contributed by atoms with Crippen molar-refractivity contribution in [1.29, 1.82) is 0 Å². The lowest BCUT2D eigenvalue weighted by Gasteiger charge is -1.80. The van der Waals surface area contributed by atoms with E-state index in [1.54, 1.807) is 20.2 Å². The van der Waals surface area contributed by atoms with E-state index in [-0.39, 0.29) is 46.7 Å². The molecule has 0 fully saturated rings. The predicted octanol–water partition coefficient (Wildman–Crippen LogP) is 3.37. The predicted molar refractivity (Wildman–Crippen MR) is 88.6 cm³/mol. The van der Waals surface area contributed by atoms with Gasteiger partial charge in [0.25, 0.3) is 0 Å². The normalized spacial score (nSPS) is 5.58. The lowest BCUT2D eigenvalue weighted by Crippen LogP contribution is -2.11. The minimum atomic E-state index is -0.245. The first-order chi connectivity index (χ1) is 6.81. The molecular weight excluding hydrogens is 266 g/mol. The van der Waals surface area contributed by atoms with E-state index in [0.29, 0.717) is 0 Å². The maximum Gasteiger partial charge on any atom is 0.302 e. The molecule has 0 aliphatic carbocycles. The van der Waals surface area contributed by atoms with Gasteiger partial charge in [-0.15, -0.1) is 0 Å². The summed E-state index contributed by atoms with van der Waals surface area (Å²) in [5.41, 5.74) is 0. The van der Waals surface area contributed by atoms with Crippen molar-refractivity contribution in [2.45, 2.75) is 50.5 Å². The number of carbonyl (C=O) groups is 3. The number of ether oxygens (including phenoxy) is 1. The molecule has 0 bridgehead atoms. The number of hydrogen-bond acceptors (Lipinski definition) is 5. The third kappa shape index (κ3) is 154. The Morgan fingerprint density at radius 3 is 1.11 bits per heavy atom. The summed E-state index contributed by atoms with van der Waals surface area (Å²) in [6, 6.07) is 0. The van der Waals surface area contributed by atoms with Crippen LogP contribution in [-0.2, 0) is 19.1 Å². The van der Waals surface area contributed by atoms with Crippen LogP contribution in [0.2, 0.25) is 0 Å². The summed E-state index contributed by atoms with van der Waals surface area (Å²) >= 11 is 1.24. The molecule has 0 heterocycles. The van der Waals surface area contributed by atoms with E-state index in [9.17, 15) is 14.4 Å². The van der Waals surface area contributed by atoms with Crippen molar-refractivity contribution >= 4 is 28.8 Å². The Bertz CT molecular complexity index is 164. The Labute approximate surface area is 124 Å². The van der Waals surface area contributed by atoms with Crippen LogP contribution in [0.5, 0.6) is 0 Å². The molecule has 6 heteroatoms. The van der Waals surface area contributed by atoms with Gasteiger partial charge in [-0.1, -0.05) is 41.5 Å². The molecule has 0 saturated carbocycles. The number of hydrogen-bond donors (Lipinski definition) is 1. The minimum absolute atomic E-state index is 0. The van der Waals surface area contributed by atoms with Crippen molar-refractivity contribution in [3.8, 4) is 0 Å². The highest BCUT2D eigenvalue weighted by Gasteiger charge is 1.77. The molecule has 0 spiro atoms. The molecule has 0 radical (unpaired) electrons. The Morgan fingerprint density at radius 2 is 1.11 bits per heavy atom. The minimum Gasteiger partial charge on any atom is -0.469 e. The fraction of sp³-hybridized carbons (Fsp3) is 0.769. The summed E-state index contributed by atoms with van der Waals surface area (Å²) in [5.74, 6) is -0.241. The monoisotopic (exact) mass is 301 g/mol. The summed E-state index contributed by atoms with van der Waals surface area (Å²) in [5, 5.41) is 2.56. The van der Waals surface area contributed by atoms with Gasteiger partial charge in [0.1, 0.15) is 0 Å². The van der Waals surface area contributed by atoms with E-state index in [1.165, 1.54) is 32.7 Å². The second-order valence-electron chi connectivity index (χ2n) is 2.20. The number of nitrogens with one attached hydrogen (secondary N) is 1. The first kappa shape index (κ1) is 43.0. The Morgan fingerprint density at radius 1 is 0.947 bits per heavy atom. The van der Waals surface area contributed by atoms with Gasteiger partial charge in [0.15, 0.2) is 5.12 Å². The maximum absolute atomic E-state index is 9.78. The van der Waals surface area contributed by atoms with Crippen molar-refractivity contribution in [2.75, 3.05) is 20.4 Å². The zero-order valence-corrected chi connectivity index (χ0v) is 10.9. The third-order valence-corrected chi connectivity index (χ3v) is 1.50. The summed E-state index contributed by atoms with van der Waals surface area (Å²) in [6.07, 6.45) is 1.77. The quantitative estimate of drug-likeness (QED) is 0.694. The number of rotatable bonds is 0. The highest BCUT2D eigenvalue weighted by atomic mass is 32.2. The van der Waals surface area contributed by atoms with Gasteiger partial charge in [-0.25, -0.2) is 0 Å². The molecule has 0 aliphatic heterocycles. The fourth-order valence-corrected chi connectivity index (χ4v) is 0. The standard InChI is InChI=1S/C3H7NO.C3H6O2.C3H6OS.4CH4/c1-3(5)4-2;2*1-3(4)5-2;;;;/h1-2H3,(H,4,5);2*1-2H3;4*1H4. The van der Waals surface area contributed by atoms with Crippen LogP contribution in [0.1, 0.15) is 50.5 Å². The van der Waals surface area contributed by atoms with Crippen molar-refractivity contribution < 1.29 is 19.1 Å². The van der Waals surface area contributed by atoms with Crippen LogP contribution in [0.3, 0.4) is 0 Å². The fourth-order valence-electron chi connectivity index (χ4n) is 0. The average molecular weight is 301 g/mol. The van der Waals surface area contributed by atoms with Gasteiger partial charge in [-0.2, -0.15) is 0 Å². The van der Waals surface area contributed by atoms with Gasteiger partial charge < -0.3 is 10.1 Å². The smallest absolute Gasteiger partial charge is 0.302 e. The molecule has 0 aromatic rings. The van der Waals surface area contributed by atoms with E-state index >= 15 is 0 Å². The summed E-state index contributed by atoms with van der Waals surface area (Å²) in [6.45, 7) is 4.38. The summed E-state index contributed by atoms with van der Waals surface area (Å²) < 4.78 is 4.11. The van der Waals surface area contributed by atoms with Gasteiger partial charge in [0, 0.05) is 27.8 Å². The van der Waals surface area contributed by atoms with Crippen LogP contribution in [0.15, 0.2) is 0 Å². The molecule has 5 nitrogen and oxygen atoms in total. The summed E-state index contributed by atoms with van der Waals surface area (Å²) in [7, 11) is 2.95. The number of carbonyl (C=O) groups excluding carboxylic acids is 3. The molecular formula is C13H35NO4S. The van der Waals surface area contributed by atoms with E-state index in [0.717, 1.165) is 0 Å². The molecule has 1 amide bonds. The highest BCUT2D eigenvalue weighted by molar-refractivity contribution is 8.12. The van der Waals surface area contributed by atoms with Crippen molar-refractivity contribution in [3.05, 3.63) is 0 Å². The Balaban J connectivity index is -0.0000000206. The molecule has 0 atom stereocenters. The molecule has 0 rings (SSSR count). The van der Waals surface area contributed by atoms with E-state index in [2.05, 4.69) is 10.1 Å². The van der Waals surface area contributed by atoms with Crippen molar-refractivity contribution in [3.63, 3.8) is 0 Å². The summed E-state index contributed by atoms with van der Waals surface area (Å²) in [4.78, 5) is 29.1. The third-order valence-electron chi connectivity index (χ3n) is 0.927. The van der Waals surface area contributed by atoms with Gasteiger partial charge >= 0.3 is 5.97 Å². The first-order valence-corrected chi connectivity index (χ1v) is 5.31. The van der Waals surface area contributed by atoms with Crippen LogP contribution in [0.4, 0.5) is 0 Å². The van der Waals surface area contributed by atoms with Crippen LogP contribution < -0.4 is 5.32 Å². The van der Waals surface area contributed by atoms with Gasteiger partial charge in [0.05, 0.1) is 7.11 Å².